The molecule has 0 radical (unpaired) electrons. The first-order valence-corrected chi connectivity index (χ1v) is 21.6. The average molecular weight is 922 g/mol. The van der Waals surface area contributed by atoms with Crippen LogP contribution in [-0.2, 0) is 55.8 Å². The molecule has 2 aliphatic heterocycles. The number of imidazole rings is 1. The summed E-state index contributed by atoms with van der Waals surface area (Å²) in [5.74, 6) is 4.84. The van der Waals surface area contributed by atoms with E-state index in [0.29, 0.717) is 82.7 Å². The number of aryl methyl sites for hydroxylation is 2. The molecule has 4 aromatic carbocycles. The number of rotatable bonds is 16. The van der Waals surface area contributed by atoms with E-state index in [9.17, 15) is 37.1 Å². The highest BCUT2D eigenvalue weighted by molar-refractivity contribution is 6.31. The smallest absolute Gasteiger partial charge is 0.372 e. The molecule has 4 amide bonds. The van der Waals surface area contributed by atoms with Crippen LogP contribution in [0.5, 0.6) is 0 Å². The SMILES string of the molecule is O=C(COCCCc1ccc(CCc2c(-c3ccc(C(F)(F)F)cc3)[nH]n(-c3nc4ccc(Cl)cc4[nH]3)c2=O)cc1)NCCOCC#Cc1ccc2c(c1)CN(C1CCC(=O)NC1=O)C2=O. The number of piperidine rings is 1. The van der Waals surface area contributed by atoms with Crippen LogP contribution in [0.15, 0.2) is 89.7 Å². The summed E-state index contributed by atoms with van der Waals surface area (Å²) in [6.45, 7) is 1.20. The average Bonchev–Trinajstić information content (AvgIpc) is 3.97. The largest absolute Gasteiger partial charge is 0.416 e. The van der Waals surface area contributed by atoms with Crippen LogP contribution < -0.4 is 16.2 Å². The first-order chi connectivity index (χ1) is 31.8. The number of carbonyl (C=O) groups is 4. The van der Waals surface area contributed by atoms with Gasteiger partial charge < -0.3 is 24.7 Å². The Morgan fingerprint density at radius 1 is 0.909 bits per heavy atom. The molecule has 1 unspecified atom stereocenters. The van der Waals surface area contributed by atoms with Crippen molar-refractivity contribution in [1.82, 2.24) is 35.3 Å². The number of benzene rings is 4. The van der Waals surface area contributed by atoms with Gasteiger partial charge >= 0.3 is 6.18 Å². The summed E-state index contributed by atoms with van der Waals surface area (Å²) < 4.78 is 52.4. The number of H-pyrrole nitrogens is 2. The van der Waals surface area contributed by atoms with E-state index in [0.717, 1.165) is 28.8 Å². The maximum Gasteiger partial charge on any atom is 0.416 e. The number of aromatic amines is 2. The Morgan fingerprint density at radius 2 is 1.68 bits per heavy atom. The summed E-state index contributed by atoms with van der Waals surface area (Å²) in [4.78, 5) is 71.9. The van der Waals surface area contributed by atoms with Gasteiger partial charge in [0, 0.05) is 47.8 Å². The van der Waals surface area contributed by atoms with E-state index in [1.807, 2.05) is 30.3 Å². The van der Waals surface area contributed by atoms with E-state index in [-0.39, 0.29) is 68.6 Å². The van der Waals surface area contributed by atoms with Gasteiger partial charge in [0.15, 0.2) is 0 Å². The number of amides is 4. The zero-order chi connectivity index (χ0) is 46.4. The lowest BCUT2D eigenvalue weighted by molar-refractivity contribution is -0.138. The highest BCUT2D eigenvalue weighted by atomic mass is 35.5. The van der Waals surface area contributed by atoms with Crippen molar-refractivity contribution < 1.29 is 41.8 Å². The normalized spacial score (nSPS) is 14.9. The van der Waals surface area contributed by atoms with Crippen LogP contribution in [0.25, 0.3) is 28.2 Å². The van der Waals surface area contributed by atoms with Crippen molar-refractivity contribution in [3.8, 4) is 29.0 Å². The van der Waals surface area contributed by atoms with E-state index in [1.165, 1.54) is 21.7 Å². The van der Waals surface area contributed by atoms with Gasteiger partial charge in [-0.1, -0.05) is 59.8 Å². The molecular formula is C48H43ClF3N7O7. The lowest BCUT2D eigenvalue weighted by Gasteiger charge is -2.29. The molecule has 18 heteroatoms. The molecule has 2 aromatic heterocycles. The number of aromatic nitrogens is 4. The number of alkyl halides is 3. The molecule has 2 aliphatic rings. The predicted molar refractivity (Wildman–Crippen MR) is 238 cm³/mol. The molecule has 4 heterocycles. The third kappa shape index (κ3) is 10.7. The molecule has 0 saturated carbocycles. The van der Waals surface area contributed by atoms with Crippen molar-refractivity contribution in [2.24, 2.45) is 0 Å². The molecule has 1 atom stereocenters. The number of carbonyl (C=O) groups excluding carboxylic acids is 4. The summed E-state index contributed by atoms with van der Waals surface area (Å²) in [7, 11) is 0. The van der Waals surface area contributed by atoms with Gasteiger partial charge in [-0.15, -0.1) is 0 Å². The molecule has 66 heavy (non-hydrogen) atoms. The summed E-state index contributed by atoms with van der Waals surface area (Å²) >= 11 is 6.14. The Morgan fingerprint density at radius 3 is 2.44 bits per heavy atom. The number of fused-ring (bicyclic) bond motifs is 2. The van der Waals surface area contributed by atoms with E-state index >= 15 is 0 Å². The number of hydrogen-bond donors (Lipinski definition) is 4. The highest BCUT2D eigenvalue weighted by Crippen LogP contribution is 2.32. The molecule has 8 rings (SSSR count). The monoisotopic (exact) mass is 921 g/mol. The summed E-state index contributed by atoms with van der Waals surface area (Å²) in [5, 5.41) is 8.60. The van der Waals surface area contributed by atoms with E-state index < -0.39 is 23.7 Å². The number of halogens is 4. The van der Waals surface area contributed by atoms with Crippen molar-refractivity contribution in [2.75, 3.05) is 33.0 Å². The first kappa shape index (κ1) is 45.6. The minimum absolute atomic E-state index is 0.0967. The molecule has 1 saturated heterocycles. The lowest BCUT2D eigenvalue weighted by Crippen LogP contribution is -2.52. The van der Waals surface area contributed by atoms with Crippen LogP contribution in [0.3, 0.4) is 0 Å². The van der Waals surface area contributed by atoms with Gasteiger partial charge in [-0.2, -0.15) is 17.9 Å². The highest BCUT2D eigenvalue weighted by Gasteiger charge is 2.39. The van der Waals surface area contributed by atoms with Crippen molar-refractivity contribution in [1.29, 1.82) is 0 Å². The van der Waals surface area contributed by atoms with Crippen molar-refractivity contribution in [3.63, 3.8) is 0 Å². The first-order valence-electron chi connectivity index (χ1n) is 21.2. The lowest BCUT2D eigenvalue weighted by atomic mass is 9.99. The van der Waals surface area contributed by atoms with Gasteiger partial charge in [0.05, 0.1) is 28.9 Å². The molecule has 14 nitrogen and oxygen atoms in total. The fraction of sp³-hybridized carbons (Fsp3) is 0.292. The van der Waals surface area contributed by atoms with E-state index in [4.69, 9.17) is 21.1 Å². The number of hydrogen-bond acceptors (Lipinski definition) is 8. The Bertz CT molecular complexity index is 2910. The minimum Gasteiger partial charge on any atom is -0.372 e. The second-order valence-electron chi connectivity index (χ2n) is 15.9. The number of nitrogens with one attached hydrogen (secondary N) is 4. The Balaban J connectivity index is 0.746. The summed E-state index contributed by atoms with van der Waals surface area (Å²) in [6.07, 6.45) is -1.83. The van der Waals surface area contributed by atoms with Crippen LogP contribution in [0, 0.1) is 11.8 Å². The molecule has 0 aliphatic carbocycles. The topological polar surface area (TPSA) is 181 Å². The van der Waals surface area contributed by atoms with E-state index in [1.54, 1.807) is 30.3 Å². The van der Waals surface area contributed by atoms with Gasteiger partial charge in [-0.05, 0) is 103 Å². The molecular weight excluding hydrogens is 879 g/mol. The van der Waals surface area contributed by atoms with Gasteiger partial charge in [0.25, 0.3) is 11.5 Å². The Kier molecular flexibility index (Phi) is 13.8. The molecule has 340 valence electrons. The third-order valence-electron chi connectivity index (χ3n) is 11.3. The molecule has 6 aromatic rings. The van der Waals surface area contributed by atoms with Gasteiger partial charge in [0.2, 0.25) is 23.7 Å². The van der Waals surface area contributed by atoms with Crippen LogP contribution in [0.1, 0.15) is 63.0 Å². The van der Waals surface area contributed by atoms with Crippen LogP contribution in [-0.4, -0.2) is 87.3 Å². The summed E-state index contributed by atoms with van der Waals surface area (Å²) in [6, 6.07) is 22.2. The second-order valence-corrected chi connectivity index (χ2v) is 16.3. The van der Waals surface area contributed by atoms with Gasteiger partial charge in [-0.25, -0.2) is 4.98 Å². The van der Waals surface area contributed by atoms with E-state index in [2.05, 4.69) is 37.5 Å². The van der Waals surface area contributed by atoms with Crippen LogP contribution >= 0.6 is 11.6 Å². The van der Waals surface area contributed by atoms with Gasteiger partial charge in [0.1, 0.15) is 19.3 Å². The quantitative estimate of drug-likeness (QED) is 0.0514. The number of imide groups is 1. The van der Waals surface area contributed by atoms with Gasteiger partial charge in [-0.3, -0.25) is 34.4 Å². The molecule has 4 N–H and O–H groups in total. The fourth-order valence-corrected chi connectivity index (χ4v) is 8.08. The fourth-order valence-electron chi connectivity index (χ4n) is 7.90. The van der Waals surface area contributed by atoms with Crippen LogP contribution in [0.2, 0.25) is 5.02 Å². The standard InChI is InChI=1S/C48H43ClF3N7O7/c49-35-15-18-38-39(26-35)55-47(54-38)59-46(64)37(43(57-59)32-11-13-34(14-12-32)48(50,51)52)17-9-30-7-5-29(6-8-30)3-1-23-66-28-42(61)53-21-24-65-22-2-4-31-10-16-36-33(25-31)27-58(45(36)63)40-19-20-41(60)56-44(40)62/h5-8,10-16,18,25-26,40,57H,1,3,9,17,19-24,27-28H2,(H,53,61)(H,54,55)(H,56,60,62). The summed E-state index contributed by atoms with van der Waals surface area (Å²) in [5.41, 5.74) is 5.25. The molecule has 1 fully saturated rings. The Hall–Kier alpha value is -7.00. The van der Waals surface area contributed by atoms with Crippen molar-refractivity contribution in [3.05, 3.63) is 139 Å². The zero-order valence-corrected chi connectivity index (χ0v) is 36.1. The maximum atomic E-state index is 13.8. The molecule has 0 bridgehead atoms. The molecule has 0 spiro atoms. The third-order valence-corrected chi connectivity index (χ3v) is 11.5. The number of nitrogens with zero attached hydrogens (tertiary/aromatic N) is 3. The predicted octanol–water partition coefficient (Wildman–Crippen LogP) is 6.06. The van der Waals surface area contributed by atoms with Crippen LogP contribution in [0.4, 0.5) is 13.2 Å². The Labute approximate surface area is 380 Å². The van der Waals surface area contributed by atoms with Crippen molar-refractivity contribution >= 4 is 46.3 Å². The zero-order valence-electron chi connectivity index (χ0n) is 35.4. The minimum atomic E-state index is -4.50. The maximum absolute atomic E-state index is 13.8. The second kappa shape index (κ2) is 20.0. The van der Waals surface area contributed by atoms with Crippen molar-refractivity contribution in [2.45, 2.75) is 57.3 Å². The number of ether oxygens (including phenoxy) is 2.